The van der Waals surface area contributed by atoms with E-state index in [1.807, 2.05) is 54.6 Å². The van der Waals surface area contributed by atoms with E-state index in [2.05, 4.69) is 9.50 Å². The highest BCUT2D eigenvalue weighted by atomic mass is 35.5. The molecule has 3 aromatic rings. The van der Waals surface area contributed by atoms with Crippen LogP contribution in [0.1, 0.15) is 17.0 Å². The Kier molecular flexibility index (Phi) is 5.90. The van der Waals surface area contributed by atoms with Gasteiger partial charge in [0.1, 0.15) is 6.34 Å². The number of rotatable bonds is 5. The Morgan fingerprint density at radius 3 is 2.13 bits per heavy atom. The number of sulfonamides is 1. The van der Waals surface area contributed by atoms with Crippen LogP contribution in [0.25, 0.3) is 0 Å². The minimum atomic E-state index is -3.85. The molecular weight excluding hydrogens is 441 g/mol. The fraction of sp³-hybridized carbons (Fsp3) is 0.0909. The molecule has 0 spiro atoms. The van der Waals surface area contributed by atoms with Crippen LogP contribution in [0.3, 0.4) is 0 Å². The zero-order valence-corrected chi connectivity index (χ0v) is 18.0. The van der Waals surface area contributed by atoms with Gasteiger partial charge < -0.3 is 0 Å². The molecule has 30 heavy (non-hydrogen) atoms. The molecule has 4 rings (SSSR count). The summed E-state index contributed by atoms with van der Waals surface area (Å²) >= 11 is 11.9. The minimum absolute atomic E-state index is 0.0305. The Morgan fingerprint density at radius 2 is 1.50 bits per heavy atom. The van der Waals surface area contributed by atoms with Gasteiger partial charge in [0.25, 0.3) is 10.0 Å². The second-order valence-corrected chi connectivity index (χ2v) is 9.23. The van der Waals surface area contributed by atoms with E-state index in [0.717, 1.165) is 16.8 Å². The van der Waals surface area contributed by atoms with Crippen LogP contribution in [-0.2, 0) is 10.0 Å². The molecule has 0 amide bonds. The van der Waals surface area contributed by atoms with Crippen LogP contribution < -0.4 is 0 Å². The SMILES string of the molecule is O=S(=O)(N=CN1CC(c2ccccc2)C(c2ccc(Cl)cc2)=N1)c1ccc(Cl)cc1. The molecule has 0 bridgehead atoms. The van der Waals surface area contributed by atoms with Crippen molar-refractivity contribution >= 4 is 45.3 Å². The summed E-state index contributed by atoms with van der Waals surface area (Å²) in [6.07, 6.45) is 1.25. The molecule has 1 atom stereocenters. The first-order valence-electron chi connectivity index (χ1n) is 9.14. The van der Waals surface area contributed by atoms with E-state index >= 15 is 0 Å². The van der Waals surface area contributed by atoms with Crippen molar-refractivity contribution in [3.63, 3.8) is 0 Å². The highest BCUT2D eigenvalue weighted by Gasteiger charge is 2.29. The van der Waals surface area contributed by atoms with Crippen molar-refractivity contribution in [2.45, 2.75) is 10.8 Å². The first kappa shape index (κ1) is 20.6. The number of halogens is 2. The van der Waals surface area contributed by atoms with Gasteiger partial charge in [0.15, 0.2) is 0 Å². The van der Waals surface area contributed by atoms with Crippen LogP contribution in [-0.4, -0.2) is 32.0 Å². The molecule has 0 fully saturated rings. The zero-order valence-electron chi connectivity index (χ0n) is 15.7. The third kappa shape index (κ3) is 4.56. The smallest absolute Gasteiger partial charge is 0.252 e. The topological polar surface area (TPSA) is 62.1 Å². The van der Waals surface area contributed by atoms with E-state index in [1.165, 1.54) is 30.6 Å². The average molecular weight is 458 g/mol. The van der Waals surface area contributed by atoms with Crippen molar-refractivity contribution in [2.75, 3.05) is 6.54 Å². The molecule has 0 saturated carbocycles. The van der Waals surface area contributed by atoms with E-state index in [9.17, 15) is 8.42 Å². The first-order chi connectivity index (χ1) is 14.4. The summed E-state index contributed by atoms with van der Waals surface area (Å²) in [5, 5.41) is 7.28. The van der Waals surface area contributed by atoms with Crippen LogP contribution in [0, 0.1) is 0 Å². The molecule has 8 heteroatoms. The van der Waals surface area contributed by atoms with Gasteiger partial charge in [-0.15, -0.1) is 4.40 Å². The number of hydrogen-bond acceptors (Lipinski definition) is 3. The highest BCUT2D eigenvalue weighted by Crippen LogP contribution is 2.29. The predicted molar refractivity (Wildman–Crippen MR) is 121 cm³/mol. The Balaban J connectivity index is 1.64. The van der Waals surface area contributed by atoms with E-state index in [0.29, 0.717) is 16.6 Å². The number of hydrogen-bond donors (Lipinski definition) is 0. The Bertz CT molecular complexity index is 1190. The maximum Gasteiger partial charge on any atom is 0.283 e. The van der Waals surface area contributed by atoms with Gasteiger partial charge in [0.05, 0.1) is 17.2 Å². The predicted octanol–water partition coefficient (Wildman–Crippen LogP) is 5.21. The van der Waals surface area contributed by atoms with E-state index in [-0.39, 0.29) is 10.8 Å². The van der Waals surface area contributed by atoms with Crippen LogP contribution in [0.5, 0.6) is 0 Å². The highest BCUT2D eigenvalue weighted by molar-refractivity contribution is 7.90. The van der Waals surface area contributed by atoms with Crippen LogP contribution in [0.2, 0.25) is 10.0 Å². The molecule has 1 aliphatic rings. The fourth-order valence-corrected chi connectivity index (χ4v) is 4.29. The summed E-state index contributed by atoms with van der Waals surface area (Å²) in [4.78, 5) is 0.0730. The molecule has 152 valence electrons. The number of hydrazone groups is 1. The van der Waals surface area contributed by atoms with Gasteiger partial charge in [-0.2, -0.15) is 13.5 Å². The van der Waals surface area contributed by atoms with Gasteiger partial charge >= 0.3 is 0 Å². The molecule has 0 aromatic heterocycles. The van der Waals surface area contributed by atoms with Crippen molar-refractivity contribution in [1.82, 2.24) is 5.01 Å². The first-order valence-corrected chi connectivity index (χ1v) is 11.3. The molecule has 0 N–H and O–H groups in total. The van der Waals surface area contributed by atoms with Crippen LogP contribution in [0.4, 0.5) is 0 Å². The Labute approximate surface area is 185 Å². The Hall–Kier alpha value is -2.67. The normalized spacial score (nSPS) is 16.8. The summed E-state index contributed by atoms with van der Waals surface area (Å²) in [7, 11) is -3.85. The van der Waals surface area contributed by atoms with E-state index in [4.69, 9.17) is 23.2 Å². The lowest BCUT2D eigenvalue weighted by Crippen LogP contribution is -2.18. The minimum Gasteiger partial charge on any atom is -0.252 e. The second-order valence-electron chi connectivity index (χ2n) is 6.73. The molecule has 0 aliphatic carbocycles. The third-order valence-electron chi connectivity index (χ3n) is 4.71. The second kappa shape index (κ2) is 8.60. The van der Waals surface area contributed by atoms with Crippen molar-refractivity contribution in [2.24, 2.45) is 9.50 Å². The maximum absolute atomic E-state index is 12.5. The third-order valence-corrected chi connectivity index (χ3v) is 6.45. The summed E-state index contributed by atoms with van der Waals surface area (Å²) in [6, 6.07) is 23.3. The lowest BCUT2D eigenvalue weighted by molar-refractivity contribution is 0.489. The van der Waals surface area contributed by atoms with Gasteiger partial charge in [-0.05, 0) is 47.5 Å². The molecule has 1 unspecified atom stereocenters. The summed E-state index contributed by atoms with van der Waals surface area (Å²) in [5.74, 6) is -0.0305. The molecular formula is C22H17Cl2N3O2S. The van der Waals surface area contributed by atoms with Gasteiger partial charge in [0, 0.05) is 16.0 Å². The largest absolute Gasteiger partial charge is 0.283 e. The van der Waals surface area contributed by atoms with Crippen molar-refractivity contribution in [3.05, 3.63) is 100 Å². The number of benzene rings is 3. The number of nitrogens with zero attached hydrogens (tertiary/aromatic N) is 3. The average Bonchev–Trinajstić information content (AvgIpc) is 3.18. The van der Waals surface area contributed by atoms with Crippen molar-refractivity contribution < 1.29 is 8.42 Å². The molecule has 3 aromatic carbocycles. The molecule has 5 nitrogen and oxygen atoms in total. The van der Waals surface area contributed by atoms with Gasteiger partial charge in [-0.25, -0.2) is 0 Å². The molecule has 0 radical (unpaired) electrons. The van der Waals surface area contributed by atoms with Gasteiger partial charge in [0.2, 0.25) is 0 Å². The van der Waals surface area contributed by atoms with E-state index < -0.39 is 10.0 Å². The van der Waals surface area contributed by atoms with E-state index in [1.54, 1.807) is 5.01 Å². The fourth-order valence-electron chi connectivity index (χ4n) is 3.21. The lowest BCUT2D eigenvalue weighted by Gasteiger charge is -2.13. The standard InChI is InChI=1S/C22H17Cl2N3O2S/c23-18-8-6-17(7-9-18)22-21(16-4-2-1-3-5-16)14-27(26-22)15-25-30(28,29)20-12-10-19(24)11-13-20/h1-13,15,21H,14H2. The molecule has 1 heterocycles. The van der Waals surface area contributed by atoms with Gasteiger partial charge in [-0.1, -0.05) is 65.7 Å². The van der Waals surface area contributed by atoms with Crippen LogP contribution >= 0.6 is 23.2 Å². The lowest BCUT2D eigenvalue weighted by atomic mass is 9.91. The monoisotopic (exact) mass is 457 g/mol. The zero-order chi connectivity index (χ0) is 21.1. The van der Waals surface area contributed by atoms with Crippen LogP contribution in [0.15, 0.2) is 93.3 Å². The molecule has 0 saturated heterocycles. The summed E-state index contributed by atoms with van der Waals surface area (Å²) in [6.45, 7) is 0.474. The van der Waals surface area contributed by atoms with Gasteiger partial charge in [-0.3, -0.25) is 5.01 Å². The maximum atomic E-state index is 12.5. The summed E-state index contributed by atoms with van der Waals surface area (Å²) in [5.41, 5.74) is 2.83. The summed E-state index contributed by atoms with van der Waals surface area (Å²) < 4.78 is 28.8. The van der Waals surface area contributed by atoms with Crippen molar-refractivity contribution in [1.29, 1.82) is 0 Å². The Morgan fingerprint density at radius 1 is 0.900 bits per heavy atom. The molecule has 1 aliphatic heterocycles. The quantitative estimate of drug-likeness (QED) is 0.389. The van der Waals surface area contributed by atoms with Crippen molar-refractivity contribution in [3.8, 4) is 0 Å².